The van der Waals surface area contributed by atoms with Crippen LogP contribution in [-0.4, -0.2) is 0 Å². The van der Waals surface area contributed by atoms with Crippen molar-refractivity contribution in [3.8, 4) is 0 Å². The van der Waals surface area contributed by atoms with Gasteiger partial charge in [-0.3, -0.25) is 0 Å². The van der Waals surface area contributed by atoms with Crippen molar-refractivity contribution in [2.24, 2.45) is 0 Å². The Bertz CT molecular complexity index is 559. The van der Waals surface area contributed by atoms with Gasteiger partial charge in [0.05, 0.1) is 10.8 Å². The van der Waals surface area contributed by atoms with Gasteiger partial charge >= 0.3 is 0 Å². The maximum Gasteiger partial charge on any atom is 0.137 e. The van der Waals surface area contributed by atoms with E-state index in [1.54, 1.807) is 0 Å². The molecule has 0 aromatic heterocycles. The lowest BCUT2D eigenvalue weighted by Gasteiger charge is -2.14. The van der Waals surface area contributed by atoms with Gasteiger partial charge in [0.25, 0.3) is 0 Å². The van der Waals surface area contributed by atoms with Crippen molar-refractivity contribution in [2.45, 2.75) is 27.7 Å². The molecule has 0 unspecified atom stereocenters. The lowest BCUT2D eigenvalue weighted by molar-refractivity contribution is 0.562. The fraction of sp³-hybridized carbons (Fsp3) is 0.286. The first-order valence-electron chi connectivity index (χ1n) is 5.51. The van der Waals surface area contributed by atoms with Crippen molar-refractivity contribution in [2.75, 3.05) is 0 Å². The van der Waals surface area contributed by atoms with E-state index in [0.717, 1.165) is 0 Å². The summed E-state index contributed by atoms with van der Waals surface area (Å²) in [5, 5.41) is -1.20. The van der Waals surface area contributed by atoms with E-state index in [4.69, 9.17) is 0 Å². The van der Waals surface area contributed by atoms with E-state index < -0.39 is 34.0 Å². The lowest BCUT2D eigenvalue weighted by atomic mass is 9.95. The molecule has 0 aliphatic carbocycles. The molecule has 0 aliphatic rings. The second kappa shape index (κ2) is 3.97. The van der Waals surface area contributed by atoms with E-state index in [1.165, 1.54) is 27.7 Å². The first kappa shape index (κ1) is 12.9. The number of halogens is 4. The van der Waals surface area contributed by atoms with E-state index >= 15 is 0 Å². The van der Waals surface area contributed by atoms with Gasteiger partial charge in [0.1, 0.15) is 23.3 Å². The Hall–Kier alpha value is -1.58. The molecule has 0 nitrogen and oxygen atoms in total. The summed E-state index contributed by atoms with van der Waals surface area (Å²) in [6, 6.07) is 0. The zero-order valence-electron chi connectivity index (χ0n) is 10.5. The monoisotopic (exact) mass is 256 g/mol. The highest BCUT2D eigenvalue weighted by molar-refractivity contribution is 5.88. The number of hydrogen-bond acceptors (Lipinski definition) is 0. The van der Waals surface area contributed by atoms with Crippen LogP contribution >= 0.6 is 0 Å². The number of rotatable bonds is 0. The molecule has 0 atom stereocenters. The number of fused-ring (bicyclic) bond motifs is 1. The summed E-state index contributed by atoms with van der Waals surface area (Å²) in [5.41, 5.74) is 0.00575. The molecule has 0 bridgehead atoms. The summed E-state index contributed by atoms with van der Waals surface area (Å²) in [6.45, 7) is 5.39. The molecule has 96 valence electrons. The molecule has 2 aromatic rings. The third-order valence-corrected chi connectivity index (χ3v) is 3.57. The summed E-state index contributed by atoms with van der Waals surface area (Å²) in [4.78, 5) is 0. The first-order chi connectivity index (χ1) is 8.29. The van der Waals surface area contributed by atoms with Gasteiger partial charge < -0.3 is 0 Å². The van der Waals surface area contributed by atoms with Gasteiger partial charge in [-0.2, -0.15) is 0 Å². The van der Waals surface area contributed by atoms with Crippen molar-refractivity contribution in [3.05, 3.63) is 45.5 Å². The molecule has 4 heteroatoms. The van der Waals surface area contributed by atoms with Crippen molar-refractivity contribution < 1.29 is 17.6 Å². The van der Waals surface area contributed by atoms with E-state index in [2.05, 4.69) is 0 Å². The van der Waals surface area contributed by atoms with Crippen LogP contribution in [0.2, 0.25) is 0 Å². The predicted molar refractivity (Wildman–Crippen MR) is 62.7 cm³/mol. The molecular weight excluding hydrogens is 244 g/mol. The molecule has 0 amide bonds. The average molecular weight is 256 g/mol. The second-order valence-corrected chi connectivity index (χ2v) is 4.51. The highest BCUT2D eigenvalue weighted by Gasteiger charge is 2.24. The first-order valence-corrected chi connectivity index (χ1v) is 5.51. The van der Waals surface area contributed by atoms with Gasteiger partial charge in [0.15, 0.2) is 0 Å². The molecule has 2 rings (SSSR count). The predicted octanol–water partition coefficient (Wildman–Crippen LogP) is 4.63. The zero-order valence-corrected chi connectivity index (χ0v) is 10.5. The van der Waals surface area contributed by atoms with Gasteiger partial charge in [-0.1, -0.05) is 0 Å². The molecule has 0 spiro atoms. The van der Waals surface area contributed by atoms with Gasteiger partial charge in [-0.15, -0.1) is 0 Å². The zero-order chi connectivity index (χ0) is 13.8. The minimum atomic E-state index is -0.900. The Morgan fingerprint density at radius 3 is 0.778 bits per heavy atom. The third kappa shape index (κ3) is 1.44. The maximum atomic E-state index is 14.0. The molecule has 0 aliphatic heterocycles. The average Bonchev–Trinajstić information content (AvgIpc) is 2.35. The van der Waals surface area contributed by atoms with Crippen LogP contribution in [0.1, 0.15) is 22.3 Å². The largest absolute Gasteiger partial charge is 0.206 e. The molecule has 0 saturated carbocycles. The summed E-state index contributed by atoms with van der Waals surface area (Å²) < 4.78 is 56.1. The molecule has 0 radical (unpaired) electrons. The summed E-state index contributed by atoms with van der Waals surface area (Å²) in [5.74, 6) is -3.60. The van der Waals surface area contributed by atoms with Crippen LogP contribution in [-0.2, 0) is 0 Å². The van der Waals surface area contributed by atoms with Gasteiger partial charge in [-0.25, -0.2) is 17.6 Å². The molecule has 0 heterocycles. The summed E-state index contributed by atoms with van der Waals surface area (Å²) >= 11 is 0. The highest BCUT2D eigenvalue weighted by Crippen LogP contribution is 2.34. The molecule has 0 saturated heterocycles. The Labute approximate surface area is 102 Å². The van der Waals surface area contributed by atoms with Crippen LogP contribution < -0.4 is 0 Å². The quantitative estimate of drug-likeness (QED) is 0.603. The normalized spacial score (nSPS) is 11.3. The fourth-order valence-electron chi connectivity index (χ4n) is 2.04. The minimum absolute atomic E-state index is 0.00144. The standard InChI is InChI=1S/C14H12F4/c1-5-6(2)12(16)10-9(11(5)15)13(17)7(3)8(4)14(10)18/h1-4H3. The molecular formula is C14H12F4. The SMILES string of the molecule is Cc1c(C)c(F)c2c(F)c(C)c(C)c(F)c2c1F. The lowest BCUT2D eigenvalue weighted by Crippen LogP contribution is -2.04. The van der Waals surface area contributed by atoms with Gasteiger partial charge in [0, 0.05) is 0 Å². The highest BCUT2D eigenvalue weighted by atomic mass is 19.1. The maximum absolute atomic E-state index is 14.0. The van der Waals surface area contributed by atoms with E-state index in [9.17, 15) is 17.6 Å². The van der Waals surface area contributed by atoms with Gasteiger partial charge in [0.2, 0.25) is 0 Å². The molecule has 2 aromatic carbocycles. The van der Waals surface area contributed by atoms with Crippen LogP contribution in [0.4, 0.5) is 17.6 Å². The Morgan fingerprint density at radius 1 is 0.444 bits per heavy atom. The van der Waals surface area contributed by atoms with Crippen LogP contribution in [0.3, 0.4) is 0 Å². The van der Waals surface area contributed by atoms with E-state index in [0.29, 0.717) is 0 Å². The second-order valence-electron chi connectivity index (χ2n) is 4.51. The third-order valence-electron chi connectivity index (χ3n) is 3.57. The van der Waals surface area contributed by atoms with Gasteiger partial charge in [-0.05, 0) is 49.9 Å². The minimum Gasteiger partial charge on any atom is -0.206 e. The van der Waals surface area contributed by atoms with Crippen molar-refractivity contribution in [1.82, 2.24) is 0 Å². The van der Waals surface area contributed by atoms with Crippen molar-refractivity contribution in [1.29, 1.82) is 0 Å². The van der Waals surface area contributed by atoms with Crippen LogP contribution in [0.15, 0.2) is 0 Å². The smallest absolute Gasteiger partial charge is 0.137 e. The summed E-state index contributed by atoms with van der Waals surface area (Å²) in [7, 11) is 0. The van der Waals surface area contributed by atoms with Crippen molar-refractivity contribution >= 4 is 10.8 Å². The van der Waals surface area contributed by atoms with Crippen LogP contribution in [0, 0.1) is 51.0 Å². The van der Waals surface area contributed by atoms with Crippen molar-refractivity contribution in [3.63, 3.8) is 0 Å². The molecule has 0 fully saturated rings. The Balaban J connectivity index is 3.22. The topological polar surface area (TPSA) is 0 Å². The van der Waals surface area contributed by atoms with Crippen LogP contribution in [0.5, 0.6) is 0 Å². The number of hydrogen-bond donors (Lipinski definition) is 0. The Kier molecular flexibility index (Phi) is 2.84. The van der Waals surface area contributed by atoms with Crippen LogP contribution in [0.25, 0.3) is 10.8 Å². The number of benzene rings is 2. The Morgan fingerprint density at radius 2 is 0.611 bits per heavy atom. The van der Waals surface area contributed by atoms with E-state index in [1.807, 2.05) is 0 Å². The summed E-state index contributed by atoms with van der Waals surface area (Å²) in [6.07, 6.45) is 0. The fourth-order valence-corrected chi connectivity index (χ4v) is 2.04. The van der Waals surface area contributed by atoms with E-state index in [-0.39, 0.29) is 22.3 Å². The molecule has 18 heavy (non-hydrogen) atoms. The molecule has 0 N–H and O–H groups in total.